The predicted octanol–water partition coefficient (Wildman–Crippen LogP) is 14.2. The smallest absolute Gasteiger partial charge is 0.153 e. The van der Waals surface area contributed by atoms with Crippen LogP contribution in [0.2, 0.25) is 0 Å². The van der Waals surface area contributed by atoms with E-state index in [1.165, 1.54) is 11.1 Å². The van der Waals surface area contributed by atoms with Crippen molar-refractivity contribution >= 4 is 39.0 Å². The molecule has 0 saturated heterocycles. The molecule has 0 saturated carbocycles. The highest BCUT2D eigenvalue weighted by Crippen LogP contribution is 2.43. The summed E-state index contributed by atoms with van der Waals surface area (Å²) in [4.78, 5) is 17.0. The van der Waals surface area contributed by atoms with Crippen LogP contribution in [0.25, 0.3) is 77.8 Å². The van der Waals surface area contributed by atoms with Crippen LogP contribution in [0, 0.1) is 13.8 Å². The third-order valence-electron chi connectivity index (χ3n) is 10.9. The molecule has 0 aliphatic rings. The minimum atomic E-state index is 0.770. The number of anilines is 3. The third kappa shape index (κ3) is 6.59. The number of rotatable bonds is 8. The monoisotopic (exact) mass is 746 g/mol. The Morgan fingerprint density at radius 1 is 0.397 bits per heavy atom. The van der Waals surface area contributed by atoms with Crippen molar-refractivity contribution in [3.8, 4) is 55.9 Å². The average molecular weight is 747 g/mol. The van der Waals surface area contributed by atoms with Crippen molar-refractivity contribution in [3.63, 3.8) is 0 Å². The Morgan fingerprint density at radius 3 is 1.79 bits per heavy atom. The molecule has 58 heavy (non-hydrogen) atoms. The first-order valence-corrected chi connectivity index (χ1v) is 19.5. The van der Waals surface area contributed by atoms with Crippen LogP contribution in [0.15, 0.2) is 199 Å². The van der Waals surface area contributed by atoms with Gasteiger partial charge < -0.3 is 9.32 Å². The van der Waals surface area contributed by atoms with Gasteiger partial charge in [0.2, 0.25) is 0 Å². The summed E-state index contributed by atoms with van der Waals surface area (Å²) in [7, 11) is 0. The number of hydrogen-bond acceptors (Lipinski definition) is 5. The SMILES string of the molecule is Cc1ccnc(C)c1N(c1cccc(-c2cc(-c3ccc(-c4ccccc4)cc3)ccn2)c1)c1cc(-c2ccccc2)cc(-c2cc3c(cn2)oc2ccccc23)c1. The second kappa shape index (κ2) is 14.8. The highest BCUT2D eigenvalue weighted by atomic mass is 16.3. The lowest BCUT2D eigenvalue weighted by atomic mass is 9.98. The first-order valence-electron chi connectivity index (χ1n) is 19.5. The van der Waals surface area contributed by atoms with Gasteiger partial charge in [0, 0.05) is 45.7 Å². The summed E-state index contributed by atoms with van der Waals surface area (Å²) >= 11 is 0. The molecular weight excluding hydrogens is 709 g/mol. The van der Waals surface area contributed by atoms with E-state index in [0.29, 0.717) is 0 Å². The summed E-state index contributed by atoms with van der Waals surface area (Å²) in [5.41, 5.74) is 17.3. The lowest BCUT2D eigenvalue weighted by molar-refractivity contribution is 0.667. The highest BCUT2D eigenvalue weighted by molar-refractivity contribution is 6.05. The van der Waals surface area contributed by atoms with Crippen molar-refractivity contribution < 1.29 is 4.42 Å². The van der Waals surface area contributed by atoms with E-state index in [9.17, 15) is 0 Å². The normalized spacial score (nSPS) is 11.3. The first kappa shape index (κ1) is 34.8. The quantitative estimate of drug-likeness (QED) is 0.155. The summed E-state index contributed by atoms with van der Waals surface area (Å²) in [6.45, 7) is 4.23. The van der Waals surface area contributed by atoms with Crippen molar-refractivity contribution in [2.45, 2.75) is 13.8 Å². The lowest BCUT2D eigenvalue weighted by Crippen LogP contribution is -2.14. The molecule has 10 rings (SSSR count). The Hall–Kier alpha value is -7.63. The van der Waals surface area contributed by atoms with Crippen LogP contribution < -0.4 is 4.90 Å². The van der Waals surface area contributed by atoms with Crippen LogP contribution in [0.4, 0.5) is 17.1 Å². The third-order valence-corrected chi connectivity index (χ3v) is 10.9. The highest BCUT2D eigenvalue weighted by Gasteiger charge is 2.21. The maximum Gasteiger partial charge on any atom is 0.153 e. The molecule has 4 aromatic heterocycles. The number of hydrogen-bond donors (Lipinski definition) is 0. The van der Waals surface area contributed by atoms with Crippen LogP contribution in [-0.4, -0.2) is 15.0 Å². The van der Waals surface area contributed by atoms with Crippen molar-refractivity contribution in [3.05, 3.63) is 206 Å². The molecule has 6 aromatic carbocycles. The number of fused-ring (bicyclic) bond motifs is 3. The molecule has 0 radical (unpaired) electrons. The molecule has 0 atom stereocenters. The van der Waals surface area contributed by atoms with Crippen molar-refractivity contribution in [2.75, 3.05) is 4.90 Å². The number of furan rings is 1. The van der Waals surface area contributed by atoms with Gasteiger partial charge in [-0.2, -0.15) is 0 Å². The fraction of sp³-hybridized carbons (Fsp3) is 0.0377. The molecule has 5 heteroatoms. The van der Waals surface area contributed by atoms with Gasteiger partial charge in [0.1, 0.15) is 5.58 Å². The largest absolute Gasteiger partial charge is 0.454 e. The second-order valence-corrected chi connectivity index (χ2v) is 14.6. The van der Waals surface area contributed by atoms with E-state index in [1.54, 1.807) is 0 Å². The Morgan fingerprint density at radius 2 is 1.02 bits per heavy atom. The van der Waals surface area contributed by atoms with Gasteiger partial charge in [0.25, 0.3) is 0 Å². The Bertz CT molecular complexity index is 3060. The van der Waals surface area contributed by atoms with Crippen molar-refractivity contribution in [2.24, 2.45) is 0 Å². The number of pyridine rings is 3. The van der Waals surface area contributed by atoms with Gasteiger partial charge in [0.05, 0.1) is 29.0 Å². The maximum atomic E-state index is 6.16. The van der Waals surface area contributed by atoms with E-state index in [1.807, 2.05) is 42.9 Å². The molecule has 4 heterocycles. The molecule has 0 fully saturated rings. The van der Waals surface area contributed by atoms with E-state index in [-0.39, 0.29) is 0 Å². The van der Waals surface area contributed by atoms with E-state index in [2.05, 4.69) is 170 Å². The van der Waals surface area contributed by atoms with Gasteiger partial charge >= 0.3 is 0 Å². The zero-order chi connectivity index (χ0) is 39.0. The fourth-order valence-corrected chi connectivity index (χ4v) is 7.96. The van der Waals surface area contributed by atoms with Gasteiger partial charge in [-0.15, -0.1) is 0 Å². The number of aryl methyl sites for hydroxylation is 2. The van der Waals surface area contributed by atoms with Gasteiger partial charge in [0.15, 0.2) is 5.58 Å². The Balaban J connectivity index is 1.11. The molecule has 0 N–H and O–H groups in total. The summed E-state index contributed by atoms with van der Waals surface area (Å²) < 4.78 is 6.16. The minimum Gasteiger partial charge on any atom is -0.454 e. The molecular formula is C53H38N4O. The Kier molecular flexibility index (Phi) is 8.88. The summed E-state index contributed by atoms with van der Waals surface area (Å²) in [6.07, 6.45) is 5.62. The van der Waals surface area contributed by atoms with Gasteiger partial charge in [-0.1, -0.05) is 115 Å². The van der Waals surface area contributed by atoms with Crippen molar-refractivity contribution in [1.82, 2.24) is 15.0 Å². The predicted molar refractivity (Wildman–Crippen MR) is 238 cm³/mol. The zero-order valence-corrected chi connectivity index (χ0v) is 32.2. The topological polar surface area (TPSA) is 55.1 Å². The first-order chi connectivity index (χ1) is 28.6. The molecule has 0 aliphatic heterocycles. The van der Waals surface area contributed by atoms with Gasteiger partial charge in [-0.25, -0.2) is 0 Å². The molecule has 276 valence electrons. The van der Waals surface area contributed by atoms with E-state index < -0.39 is 0 Å². The number of nitrogens with zero attached hydrogens (tertiary/aromatic N) is 4. The van der Waals surface area contributed by atoms with Crippen molar-refractivity contribution in [1.29, 1.82) is 0 Å². The van der Waals surface area contributed by atoms with Crippen LogP contribution in [0.3, 0.4) is 0 Å². The lowest BCUT2D eigenvalue weighted by Gasteiger charge is -2.29. The summed E-state index contributed by atoms with van der Waals surface area (Å²) in [5.74, 6) is 0. The van der Waals surface area contributed by atoms with E-state index in [0.717, 1.165) is 95.0 Å². The minimum absolute atomic E-state index is 0.770. The maximum absolute atomic E-state index is 6.16. The Labute approximate surface area is 337 Å². The van der Waals surface area contributed by atoms with E-state index in [4.69, 9.17) is 19.4 Å². The molecule has 0 aliphatic carbocycles. The van der Waals surface area contributed by atoms with E-state index >= 15 is 0 Å². The molecule has 0 bridgehead atoms. The number of benzene rings is 6. The fourth-order valence-electron chi connectivity index (χ4n) is 7.96. The van der Waals surface area contributed by atoms with Crippen LogP contribution in [0.1, 0.15) is 11.3 Å². The summed E-state index contributed by atoms with van der Waals surface area (Å²) in [5, 5.41) is 2.11. The summed E-state index contributed by atoms with van der Waals surface area (Å²) in [6, 6.07) is 61.8. The van der Waals surface area contributed by atoms with Crippen LogP contribution in [-0.2, 0) is 0 Å². The molecule has 0 amide bonds. The zero-order valence-electron chi connectivity index (χ0n) is 32.2. The van der Waals surface area contributed by atoms with Crippen LogP contribution in [0.5, 0.6) is 0 Å². The van der Waals surface area contributed by atoms with Crippen LogP contribution >= 0.6 is 0 Å². The molecule has 0 unspecified atom stereocenters. The number of aromatic nitrogens is 3. The molecule has 0 spiro atoms. The molecule has 5 nitrogen and oxygen atoms in total. The van der Waals surface area contributed by atoms with Gasteiger partial charge in [-0.05, 0) is 113 Å². The standard InChI is InChI=1S/C53H38N4O/c1-35-24-26-54-36(2)53(35)57(45-17-11-16-42(29-45)49-32-41(25-27-55-49)40-22-20-39(21-23-40)37-12-5-3-6-13-37)46-30-43(38-14-7-4-8-15-38)28-44(31-46)50-33-48-47-18-9-10-19-51(47)58-52(48)34-56-50/h3-34H,1-2H3. The van der Waals surface area contributed by atoms with Gasteiger partial charge in [-0.3, -0.25) is 15.0 Å². The second-order valence-electron chi connectivity index (χ2n) is 14.6. The number of para-hydroxylation sites is 1. The average Bonchev–Trinajstić information content (AvgIpc) is 3.66. The molecule has 10 aromatic rings.